The van der Waals surface area contributed by atoms with E-state index in [2.05, 4.69) is 15.3 Å². The number of nitrogens with one attached hydrogen (secondary N) is 1. The highest BCUT2D eigenvalue weighted by molar-refractivity contribution is 5.84. The molecule has 0 radical (unpaired) electrons. The number of amides is 1. The van der Waals surface area contributed by atoms with Crippen LogP contribution in [0.25, 0.3) is 0 Å². The van der Waals surface area contributed by atoms with E-state index in [1.54, 1.807) is 42.7 Å². The van der Waals surface area contributed by atoms with Crippen LogP contribution < -0.4 is 10.1 Å². The van der Waals surface area contributed by atoms with Crippen LogP contribution in [0, 0.1) is 11.5 Å². The van der Waals surface area contributed by atoms with E-state index < -0.39 is 6.09 Å². The van der Waals surface area contributed by atoms with E-state index >= 15 is 0 Å². The molecular formula is C33H28N4O6. The Morgan fingerprint density at radius 2 is 1.33 bits per heavy atom. The quantitative estimate of drug-likeness (QED) is 0.0327. The second-order valence-electron chi connectivity index (χ2n) is 9.19. The van der Waals surface area contributed by atoms with Crippen molar-refractivity contribution in [1.82, 2.24) is 0 Å². The predicted molar refractivity (Wildman–Crippen MR) is 160 cm³/mol. The van der Waals surface area contributed by atoms with E-state index in [-0.39, 0.29) is 13.2 Å². The fourth-order valence-corrected chi connectivity index (χ4v) is 3.94. The smallest absolute Gasteiger partial charge is 0.411 e. The zero-order valence-electron chi connectivity index (χ0n) is 23.1. The molecule has 0 aromatic heterocycles. The molecule has 216 valence electrons. The van der Waals surface area contributed by atoms with Gasteiger partial charge in [-0.1, -0.05) is 48.5 Å². The van der Waals surface area contributed by atoms with Gasteiger partial charge in [0.1, 0.15) is 5.75 Å². The number of carbonyl (C=O) groups excluding carboxylic acids is 2. The van der Waals surface area contributed by atoms with Crippen molar-refractivity contribution in [2.75, 3.05) is 18.5 Å². The van der Waals surface area contributed by atoms with Crippen LogP contribution in [0.4, 0.5) is 21.9 Å². The first-order valence-electron chi connectivity index (χ1n) is 13.4. The van der Waals surface area contributed by atoms with E-state index in [9.17, 15) is 9.59 Å². The molecule has 0 aliphatic heterocycles. The molecule has 10 nitrogen and oxygen atoms in total. The van der Waals surface area contributed by atoms with Gasteiger partial charge >= 0.3 is 6.09 Å². The fraction of sp³-hybridized carbons (Fsp3) is 0.152. The molecule has 0 saturated carbocycles. The van der Waals surface area contributed by atoms with E-state index in [1.807, 2.05) is 60.7 Å². The number of benzene rings is 4. The second-order valence-corrected chi connectivity index (χ2v) is 9.19. The topological polar surface area (TPSA) is 132 Å². The molecule has 0 bridgehead atoms. The molecule has 0 heterocycles. The zero-order chi connectivity index (χ0) is 30.1. The Morgan fingerprint density at radius 3 is 1.91 bits per heavy atom. The van der Waals surface area contributed by atoms with Crippen molar-refractivity contribution in [3.05, 3.63) is 119 Å². The van der Waals surface area contributed by atoms with Gasteiger partial charge in [-0.3, -0.25) is 5.32 Å². The van der Waals surface area contributed by atoms with E-state index in [0.29, 0.717) is 35.7 Å². The molecule has 0 fully saturated rings. The number of rotatable bonds is 14. The van der Waals surface area contributed by atoms with Crippen LogP contribution in [-0.4, -0.2) is 31.8 Å². The van der Waals surface area contributed by atoms with Crippen LogP contribution >= 0.6 is 0 Å². The lowest BCUT2D eigenvalue weighted by Gasteiger charge is -2.08. The number of isocyanates is 1. The highest BCUT2D eigenvalue weighted by Crippen LogP contribution is 2.19. The Hall–Kier alpha value is -5.75. The van der Waals surface area contributed by atoms with Crippen LogP contribution in [0.2, 0.25) is 0 Å². The van der Waals surface area contributed by atoms with Gasteiger partial charge in [0.2, 0.25) is 12.5 Å². The Bertz CT molecular complexity index is 1570. The number of nitrogens with zero attached hydrogens (tertiary/aromatic N) is 3. The first-order chi connectivity index (χ1) is 21.1. The van der Waals surface area contributed by atoms with Gasteiger partial charge in [-0.15, -0.1) is 5.26 Å². The highest BCUT2D eigenvalue weighted by atomic mass is 17.2. The number of ether oxygens (including phenoxy) is 2. The van der Waals surface area contributed by atoms with Crippen molar-refractivity contribution in [3.63, 3.8) is 0 Å². The minimum absolute atomic E-state index is 0.157. The molecule has 1 N–H and O–H groups in total. The molecule has 4 aromatic rings. The van der Waals surface area contributed by atoms with Crippen molar-refractivity contribution < 1.29 is 28.8 Å². The summed E-state index contributed by atoms with van der Waals surface area (Å²) in [4.78, 5) is 40.2. The maximum absolute atomic E-state index is 12.1. The first kappa shape index (κ1) is 30.2. The Balaban J connectivity index is 1.07. The van der Waals surface area contributed by atoms with Crippen molar-refractivity contribution >= 4 is 35.6 Å². The molecule has 0 atom stereocenters. The molecule has 0 unspecified atom stereocenters. The Morgan fingerprint density at radius 1 is 0.767 bits per heavy atom. The normalized spacial score (nSPS) is 10.4. The first-order valence-corrected chi connectivity index (χ1v) is 13.4. The summed E-state index contributed by atoms with van der Waals surface area (Å²) in [5.41, 5.74) is 6.24. The van der Waals surface area contributed by atoms with Crippen LogP contribution in [0.15, 0.2) is 107 Å². The summed E-state index contributed by atoms with van der Waals surface area (Å²) in [7, 11) is 0. The third-order valence-electron chi connectivity index (χ3n) is 6.07. The summed E-state index contributed by atoms with van der Waals surface area (Å²) in [6.07, 6.45) is 5.70. The summed E-state index contributed by atoms with van der Waals surface area (Å²) < 4.78 is 9.96. The lowest BCUT2D eigenvalue weighted by molar-refractivity contribution is -0.217. The number of nitriles is 1. The van der Waals surface area contributed by atoms with Gasteiger partial charge in [-0.2, -0.15) is 9.88 Å². The van der Waals surface area contributed by atoms with Crippen molar-refractivity contribution in [2.24, 2.45) is 9.98 Å². The van der Waals surface area contributed by atoms with Crippen LogP contribution in [0.5, 0.6) is 5.75 Å². The largest absolute Gasteiger partial charge is 0.449 e. The number of hydrogen-bond acceptors (Lipinski definition) is 9. The van der Waals surface area contributed by atoms with Crippen molar-refractivity contribution in [1.29, 1.82) is 5.26 Å². The molecule has 0 aliphatic rings. The summed E-state index contributed by atoms with van der Waals surface area (Å²) in [6.45, 7) is 0.373. The summed E-state index contributed by atoms with van der Waals surface area (Å²) in [5, 5.41) is 11.3. The lowest BCUT2D eigenvalue weighted by Crippen LogP contribution is -2.15. The Kier molecular flexibility index (Phi) is 11.6. The van der Waals surface area contributed by atoms with Crippen LogP contribution in [-0.2, 0) is 32.1 Å². The second kappa shape index (κ2) is 16.5. The third-order valence-corrected chi connectivity index (χ3v) is 6.07. The van der Waals surface area contributed by atoms with Gasteiger partial charge in [0.15, 0.2) is 0 Å². The number of hydrogen-bond donors (Lipinski definition) is 1. The van der Waals surface area contributed by atoms with Crippen LogP contribution in [0.1, 0.15) is 28.7 Å². The molecule has 4 rings (SSSR count). The van der Waals surface area contributed by atoms with Crippen molar-refractivity contribution in [3.8, 4) is 12.0 Å². The van der Waals surface area contributed by atoms with Gasteiger partial charge in [0, 0.05) is 12.1 Å². The molecule has 10 heteroatoms. The highest BCUT2D eigenvalue weighted by Gasteiger charge is 2.04. The molecule has 0 aliphatic carbocycles. The zero-order valence-corrected chi connectivity index (χ0v) is 23.1. The third kappa shape index (κ3) is 10.6. The van der Waals surface area contributed by atoms with E-state index in [0.717, 1.165) is 28.7 Å². The number of carbonyl (C=O) groups is 1. The fourth-order valence-electron chi connectivity index (χ4n) is 3.94. The summed E-state index contributed by atoms with van der Waals surface area (Å²) in [6, 6.07) is 29.8. The van der Waals surface area contributed by atoms with Gasteiger partial charge in [-0.25, -0.2) is 14.6 Å². The Labute approximate surface area is 248 Å². The minimum atomic E-state index is -0.559. The minimum Gasteiger partial charge on any atom is -0.449 e. The molecule has 4 aromatic carbocycles. The van der Waals surface area contributed by atoms with E-state index in [4.69, 9.17) is 24.5 Å². The number of anilines is 1. The molecule has 0 saturated heterocycles. The lowest BCUT2D eigenvalue weighted by atomic mass is 10.0. The summed E-state index contributed by atoms with van der Waals surface area (Å²) in [5.74, 6) is 0.500. The van der Waals surface area contributed by atoms with Crippen LogP contribution in [0.3, 0.4) is 0 Å². The number of aliphatic imine (C=N–C) groups is 2. The molecule has 43 heavy (non-hydrogen) atoms. The standard InChI is InChI=1S/C33H28N4O6/c34-22-41-32-16-8-28(9-17-32)21-27-6-14-31(15-7-27)37-33(39)40-18-1-19-42-43-24-36-30-12-4-26(5-13-30)20-25-2-10-29(11-3-25)35-23-38/h2-17,24H,1,18-21H2,(H,37,39). The maximum Gasteiger partial charge on any atom is 0.411 e. The van der Waals surface area contributed by atoms with Gasteiger partial charge in [0.05, 0.1) is 24.6 Å². The predicted octanol–water partition coefficient (Wildman–Crippen LogP) is 6.94. The monoisotopic (exact) mass is 576 g/mol. The van der Waals surface area contributed by atoms with E-state index in [1.165, 1.54) is 12.5 Å². The van der Waals surface area contributed by atoms with Gasteiger partial charge < -0.3 is 14.4 Å². The average Bonchev–Trinajstić information content (AvgIpc) is 3.02. The van der Waals surface area contributed by atoms with Gasteiger partial charge in [0.25, 0.3) is 6.26 Å². The summed E-state index contributed by atoms with van der Waals surface area (Å²) >= 11 is 0. The SMILES string of the molecule is N#COc1ccc(Cc2ccc(NC(=O)OCCCOOC=Nc3ccc(Cc4ccc(N=C=O)cc4)cc3)cc2)cc1. The van der Waals surface area contributed by atoms with Crippen molar-refractivity contribution in [2.45, 2.75) is 19.3 Å². The molecule has 0 spiro atoms. The molecular weight excluding hydrogens is 548 g/mol. The molecule has 1 amide bonds. The van der Waals surface area contributed by atoms with Gasteiger partial charge in [-0.05, 0) is 83.6 Å². The maximum atomic E-state index is 12.1. The average molecular weight is 577 g/mol.